The molecular weight excluding hydrogens is 460 g/mol. The normalized spacial score (nSPS) is 28.7. The van der Waals surface area contributed by atoms with Crippen LogP contribution in [0.1, 0.15) is 31.2 Å². The molecule has 3 amide bonds. The number of nitrogens with zero attached hydrogens (tertiary/aromatic N) is 2. The van der Waals surface area contributed by atoms with Crippen LogP contribution >= 0.6 is 0 Å². The van der Waals surface area contributed by atoms with Gasteiger partial charge in [0.05, 0.1) is 36.2 Å². The quantitative estimate of drug-likeness (QED) is 0.363. The predicted molar refractivity (Wildman–Crippen MR) is 131 cm³/mol. The van der Waals surface area contributed by atoms with Crippen LogP contribution in [0, 0.1) is 36.5 Å². The Morgan fingerprint density at radius 2 is 1.64 bits per heavy atom. The van der Waals surface area contributed by atoms with Crippen molar-refractivity contribution in [2.45, 2.75) is 32.6 Å². The van der Waals surface area contributed by atoms with Crippen LogP contribution in [-0.2, 0) is 19.2 Å². The van der Waals surface area contributed by atoms with Crippen molar-refractivity contribution in [3.8, 4) is 11.5 Å². The lowest BCUT2D eigenvalue weighted by Crippen LogP contribution is -2.33. The zero-order valence-corrected chi connectivity index (χ0v) is 20.3. The smallest absolute Gasteiger partial charge is 0.316 e. The molecule has 2 aromatic rings. The lowest BCUT2D eigenvalue weighted by molar-refractivity contribution is -0.139. The molecular formula is C28H28N2O6. The standard InChI is InChI=1S/C28H28N2O6/c1-15-11-19(9-10-20(15)30-26(32)24-16-7-8-17(12-16)25(24)27(30)33)36-28(34)18-13-23(31)29(14-18)21-5-3-4-6-22(21)35-2/h3-6,9-11,16-18,24-25H,7-8,12-14H2,1-2H3/t16-,17-,18+,24-,25-/m0/s1. The molecule has 8 nitrogen and oxygen atoms in total. The van der Waals surface area contributed by atoms with Gasteiger partial charge in [-0.1, -0.05) is 12.1 Å². The van der Waals surface area contributed by atoms with Gasteiger partial charge < -0.3 is 14.4 Å². The van der Waals surface area contributed by atoms with Gasteiger partial charge in [-0.2, -0.15) is 0 Å². The molecule has 0 aromatic heterocycles. The summed E-state index contributed by atoms with van der Waals surface area (Å²) in [6.07, 6.45) is 3.11. The minimum absolute atomic E-state index is 0.0514. The van der Waals surface area contributed by atoms with E-state index in [2.05, 4.69) is 0 Å². The number of rotatable bonds is 5. The van der Waals surface area contributed by atoms with Crippen LogP contribution in [0.4, 0.5) is 11.4 Å². The van der Waals surface area contributed by atoms with E-state index in [0.717, 1.165) is 19.3 Å². The van der Waals surface area contributed by atoms with Gasteiger partial charge in [-0.15, -0.1) is 0 Å². The number of anilines is 2. The molecule has 2 aliphatic heterocycles. The molecule has 0 radical (unpaired) electrons. The van der Waals surface area contributed by atoms with Crippen molar-refractivity contribution >= 4 is 35.1 Å². The Kier molecular flexibility index (Phi) is 5.35. The Morgan fingerprint density at radius 1 is 0.944 bits per heavy atom. The van der Waals surface area contributed by atoms with Gasteiger partial charge in [0.2, 0.25) is 17.7 Å². The number of benzene rings is 2. The molecule has 5 atom stereocenters. The van der Waals surface area contributed by atoms with Crippen molar-refractivity contribution in [1.82, 2.24) is 0 Å². The minimum atomic E-state index is -0.612. The number of amides is 3. The van der Waals surface area contributed by atoms with E-state index < -0.39 is 11.9 Å². The van der Waals surface area contributed by atoms with Gasteiger partial charge in [-0.05, 0) is 73.9 Å². The van der Waals surface area contributed by atoms with Gasteiger partial charge in [0.25, 0.3) is 0 Å². The zero-order chi connectivity index (χ0) is 25.1. The first-order valence-electron chi connectivity index (χ1n) is 12.5. The van der Waals surface area contributed by atoms with E-state index >= 15 is 0 Å². The van der Waals surface area contributed by atoms with Gasteiger partial charge in [0.1, 0.15) is 11.5 Å². The molecule has 2 aromatic carbocycles. The van der Waals surface area contributed by atoms with Crippen LogP contribution < -0.4 is 19.3 Å². The number of hydrogen-bond acceptors (Lipinski definition) is 6. The summed E-state index contributed by atoms with van der Waals surface area (Å²) in [4.78, 5) is 54.8. The molecule has 4 aliphatic rings. The SMILES string of the molecule is COc1ccccc1N1C[C@H](C(=O)Oc2ccc(N3C(=O)[C@H]4[C@H]5CC[C@@H](C5)[C@@H]4C3=O)c(C)c2)CC1=O. The fourth-order valence-electron chi connectivity index (χ4n) is 6.74. The van der Waals surface area contributed by atoms with Crippen molar-refractivity contribution in [3.63, 3.8) is 0 Å². The number of methoxy groups -OCH3 is 1. The molecule has 186 valence electrons. The van der Waals surface area contributed by atoms with E-state index in [1.165, 1.54) is 12.0 Å². The van der Waals surface area contributed by atoms with E-state index in [1.807, 2.05) is 12.1 Å². The Bertz CT molecular complexity index is 1260. The molecule has 2 saturated heterocycles. The van der Waals surface area contributed by atoms with Crippen molar-refractivity contribution in [2.75, 3.05) is 23.5 Å². The zero-order valence-electron chi connectivity index (χ0n) is 20.3. The molecule has 36 heavy (non-hydrogen) atoms. The first-order chi connectivity index (χ1) is 17.4. The molecule has 4 fully saturated rings. The number of esters is 1. The Hall–Kier alpha value is -3.68. The monoisotopic (exact) mass is 488 g/mol. The highest BCUT2D eigenvalue weighted by Gasteiger charge is 2.61. The highest BCUT2D eigenvalue weighted by molar-refractivity contribution is 6.23. The molecule has 2 bridgehead atoms. The van der Waals surface area contributed by atoms with E-state index in [0.29, 0.717) is 40.3 Å². The molecule has 6 rings (SSSR count). The molecule has 2 aliphatic carbocycles. The summed E-state index contributed by atoms with van der Waals surface area (Å²) >= 11 is 0. The maximum atomic E-state index is 13.2. The third-order valence-corrected chi connectivity index (χ3v) is 8.39. The summed E-state index contributed by atoms with van der Waals surface area (Å²) in [5.41, 5.74) is 1.86. The summed E-state index contributed by atoms with van der Waals surface area (Å²) in [6.45, 7) is 2.01. The average Bonchev–Trinajstić information content (AvgIpc) is 3.63. The third-order valence-electron chi connectivity index (χ3n) is 8.39. The third kappa shape index (κ3) is 3.42. The first kappa shape index (κ1) is 22.8. The average molecular weight is 489 g/mol. The molecule has 8 heteroatoms. The summed E-state index contributed by atoms with van der Waals surface area (Å²) in [6, 6.07) is 12.1. The van der Waals surface area contributed by atoms with Crippen LogP contribution in [0.25, 0.3) is 0 Å². The van der Waals surface area contributed by atoms with E-state index in [1.54, 1.807) is 42.2 Å². The van der Waals surface area contributed by atoms with Crippen molar-refractivity contribution in [1.29, 1.82) is 0 Å². The van der Waals surface area contributed by atoms with E-state index in [4.69, 9.17) is 9.47 Å². The van der Waals surface area contributed by atoms with Crippen molar-refractivity contribution in [3.05, 3.63) is 48.0 Å². The fraction of sp³-hybridized carbons (Fsp3) is 0.429. The summed E-state index contributed by atoms with van der Waals surface area (Å²) in [7, 11) is 1.54. The van der Waals surface area contributed by atoms with Crippen LogP contribution in [0.3, 0.4) is 0 Å². The number of carbonyl (C=O) groups is 4. The summed E-state index contributed by atoms with van der Waals surface area (Å²) < 4.78 is 11.0. The second kappa shape index (κ2) is 8.47. The number of fused-ring (bicyclic) bond motifs is 5. The van der Waals surface area contributed by atoms with E-state index in [9.17, 15) is 19.2 Å². The van der Waals surface area contributed by atoms with Crippen LogP contribution in [-0.4, -0.2) is 37.3 Å². The molecule has 0 N–H and O–H groups in total. The van der Waals surface area contributed by atoms with Crippen LogP contribution in [0.2, 0.25) is 0 Å². The second-order valence-corrected chi connectivity index (χ2v) is 10.3. The van der Waals surface area contributed by atoms with Crippen LogP contribution in [0.5, 0.6) is 11.5 Å². The molecule has 0 unspecified atom stereocenters. The predicted octanol–water partition coefficient (Wildman–Crippen LogP) is 3.50. The van der Waals surface area contributed by atoms with Gasteiger partial charge in [-0.3, -0.25) is 19.2 Å². The molecule has 0 spiro atoms. The minimum Gasteiger partial charge on any atom is -0.495 e. The lowest BCUT2D eigenvalue weighted by atomic mass is 9.81. The molecule has 2 saturated carbocycles. The maximum Gasteiger partial charge on any atom is 0.316 e. The van der Waals surface area contributed by atoms with Crippen molar-refractivity contribution < 1.29 is 28.7 Å². The largest absolute Gasteiger partial charge is 0.495 e. The van der Waals surface area contributed by atoms with Gasteiger partial charge in [-0.25, -0.2) is 4.90 Å². The lowest BCUT2D eigenvalue weighted by Gasteiger charge is -2.20. The number of imide groups is 1. The fourth-order valence-corrected chi connectivity index (χ4v) is 6.74. The molecule has 2 heterocycles. The highest BCUT2D eigenvalue weighted by Crippen LogP contribution is 2.56. The Labute approximate surface area is 209 Å². The highest BCUT2D eigenvalue weighted by atomic mass is 16.5. The number of ether oxygens (including phenoxy) is 2. The van der Waals surface area contributed by atoms with E-state index in [-0.39, 0.29) is 42.5 Å². The summed E-state index contributed by atoms with van der Waals surface area (Å²) in [5, 5.41) is 0. The second-order valence-electron chi connectivity index (χ2n) is 10.3. The van der Waals surface area contributed by atoms with Crippen molar-refractivity contribution in [2.24, 2.45) is 29.6 Å². The van der Waals surface area contributed by atoms with Gasteiger partial charge in [0.15, 0.2) is 0 Å². The topological polar surface area (TPSA) is 93.2 Å². The van der Waals surface area contributed by atoms with Crippen LogP contribution in [0.15, 0.2) is 42.5 Å². The number of hydrogen-bond donors (Lipinski definition) is 0. The Morgan fingerprint density at radius 3 is 2.31 bits per heavy atom. The maximum absolute atomic E-state index is 13.2. The first-order valence-corrected chi connectivity index (χ1v) is 12.5. The number of para-hydroxylation sites is 2. The number of carbonyl (C=O) groups excluding carboxylic acids is 4. The van der Waals surface area contributed by atoms with Gasteiger partial charge in [0, 0.05) is 13.0 Å². The summed E-state index contributed by atoms with van der Waals surface area (Å²) in [5.74, 6) is -0.281. The van der Waals surface area contributed by atoms with Gasteiger partial charge >= 0.3 is 5.97 Å². The Balaban J connectivity index is 1.16. The number of aryl methyl sites for hydroxylation is 1.